The molecular weight excluding hydrogens is 536 g/mol. The van der Waals surface area contributed by atoms with Crippen LogP contribution in [-0.2, 0) is 32.8 Å². The van der Waals surface area contributed by atoms with Gasteiger partial charge in [-0.1, -0.05) is 66.2 Å². The molecule has 1 atom stereocenters. The number of nitrogens with zero attached hydrogens (tertiary/aromatic N) is 3. The summed E-state index contributed by atoms with van der Waals surface area (Å²) in [4.78, 5) is 28.8. The highest BCUT2D eigenvalue weighted by atomic mass is 35.5. The Morgan fingerprint density at radius 1 is 0.923 bits per heavy atom. The lowest BCUT2D eigenvalue weighted by Crippen LogP contribution is -2.54. The quantitative estimate of drug-likeness (QED) is 0.378. The van der Waals surface area contributed by atoms with Gasteiger partial charge in [0.25, 0.3) is 0 Å². The minimum absolute atomic E-state index is 0.0625. The highest BCUT2D eigenvalue weighted by molar-refractivity contribution is 7.90. The largest absolute Gasteiger partial charge is 0.357 e. The topological polar surface area (TPSA) is 90.0 Å². The van der Waals surface area contributed by atoms with Crippen molar-refractivity contribution in [1.82, 2.24) is 14.5 Å². The van der Waals surface area contributed by atoms with Crippen LogP contribution in [0.1, 0.15) is 22.3 Å². The number of halogens is 1. The fourth-order valence-corrected chi connectivity index (χ4v) is 5.57. The van der Waals surface area contributed by atoms with Crippen LogP contribution in [0.4, 0.5) is 5.69 Å². The first-order valence-electron chi connectivity index (χ1n) is 12.5. The van der Waals surface area contributed by atoms with Crippen molar-refractivity contribution in [2.45, 2.75) is 32.9 Å². The number of rotatable bonds is 11. The van der Waals surface area contributed by atoms with Gasteiger partial charge < -0.3 is 10.2 Å². The van der Waals surface area contributed by atoms with E-state index in [-0.39, 0.29) is 18.9 Å². The van der Waals surface area contributed by atoms with Crippen LogP contribution in [0.5, 0.6) is 0 Å². The van der Waals surface area contributed by atoms with E-state index >= 15 is 0 Å². The highest BCUT2D eigenvalue weighted by Crippen LogP contribution is 2.26. The molecule has 0 bridgehead atoms. The van der Waals surface area contributed by atoms with Crippen molar-refractivity contribution in [3.05, 3.63) is 100 Å². The molecule has 2 amide bonds. The van der Waals surface area contributed by atoms with E-state index in [1.54, 1.807) is 31.2 Å². The molecule has 0 saturated carbocycles. The molecule has 0 heterocycles. The Balaban J connectivity index is 2.10. The van der Waals surface area contributed by atoms with Gasteiger partial charge in [0, 0.05) is 39.1 Å². The average molecular weight is 571 g/mol. The first kappa shape index (κ1) is 30.1. The van der Waals surface area contributed by atoms with E-state index in [1.165, 1.54) is 26.0 Å². The molecule has 0 radical (unpaired) electrons. The second-order valence-electron chi connectivity index (χ2n) is 9.56. The van der Waals surface area contributed by atoms with Crippen molar-refractivity contribution in [2.24, 2.45) is 0 Å². The van der Waals surface area contributed by atoms with Gasteiger partial charge in [-0.05, 0) is 54.3 Å². The van der Waals surface area contributed by atoms with Crippen LogP contribution in [0.25, 0.3) is 0 Å². The van der Waals surface area contributed by atoms with Crippen LogP contribution < -0.4 is 9.62 Å². The van der Waals surface area contributed by atoms with Gasteiger partial charge in [0.2, 0.25) is 11.8 Å². The fourth-order valence-electron chi connectivity index (χ4n) is 4.24. The zero-order valence-corrected chi connectivity index (χ0v) is 24.5. The van der Waals surface area contributed by atoms with Crippen molar-refractivity contribution in [2.75, 3.05) is 32.0 Å². The number of amides is 2. The lowest BCUT2D eigenvalue weighted by molar-refractivity contribution is -0.139. The predicted octanol–water partition coefficient (Wildman–Crippen LogP) is 3.96. The summed E-state index contributed by atoms with van der Waals surface area (Å²) in [6.45, 7) is 3.22. The van der Waals surface area contributed by atoms with E-state index in [9.17, 15) is 18.0 Å². The minimum Gasteiger partial charge on any atom is -0.357 e. The van der Waals surface area contributed by atoms with Crippen LogP contribution in [0.3, 0.4) is 0 Å². The molecule has 0 aliphatic rings. The number of nitrogens with one attached hydrogen (secondary N) is 1. The SMILES string of the molecule is CNC(=O)[C@H](Cc1ccccc1)N(Cc1cccc(Cl)c1)C(=O)CN(c1cc(C)ccc1C)S(=O)(=O)N(C)C. The number of carbonyl (C=O) groups is 2. The van der Waals surface area contributed by atoms with Crippen molar-refractivity contribution in [3.63, 3.8) is 0 Å². The molecule has 3 aromatic rings. The van der Waals surface area contributed by atoms with Crippen LogP contribution >= 0.6 is 11.6 Å². The van der Waals surface area contributed by atoms with Crippen LogP contribution in [0.15, 0.2) is 72.8 Å². The van der Waals surface area contributed by atoms with E-state index in [0.717, 1.165) is 19.7 Å². The Bertz CT molecular complexity index is 1410. The molecule has 39 heavy (non-hydrogen) atoms. The Hall–Kier alpha value is -3.40. The summed E-state index contributed by atoms with van der Waals surface area (Å²) in [5.74, 6) is -0.881. The number of anilines is 1. The molecule has 0 aromatic heterocycles. The average Bonchev–Trinajstić information content (AvgIpc) is 2.90. The van der Waals surface area contributed by atoms with Gasteiger partial charge in [0.15, 0.2) is 0 Å². The second kappa shape index (κ2) is 13.1. The number of likely N-dealkylation sites (N-methyl/N-ethyl adjacent to an activating group) is 1. The number of carbonyl (C=O) groups excluding carboxylic acids is 2. The second-order valence-corrected chi connectivity index (χ2v) is 12.1. The summed E-state index contributed by atoms with van der Waals surface area (Å²) < 4.78 is 29.2. The van der Waals surface area contributed by atoms with Gasteiger partial charge in [-0.2, -0.15) is 12.7 Å². The molecule has 0 spiro atoms. The molecule has 208 valence electrons. The molecule has 0 aliphatic heterocycles. The molecule has 3 rings (SSSR count). The van der Waals surface area contributed by atoms with Gasteiger partial charge in [-0.15, -0.1) is 0 Å². The standard InChI is InChI=1S/C29H35ClN4O4S/c1-21-14-15-22(2)26(16-21)34(39(37,38)32(4)5)20-28(35)33(19-24-12-9-13-25(30)17-24)27(29(36)31-3)18-23-10-7-6-8-11-23/h6-17,27H,18-20H2,1-5H3,(H,31,36)/t27-/m0/s1. The van der Waals surface area contributed by atoms with Crippen LogP contribution in [0, 0.1) is 13.8 Å². The lowest BCUT2D eigenvalue weighted by Gasteiger charge is -2.34. The monoisotopic (exact) mass is 570 g/mol. The van der Waals surface area contributed by atoms with Crippen molar-refractivity contribution < 1.29 is 18.0 Å². The molecule has 0 unspecified atom stereocenters. The molecule has 10 heteroatoms. The van der Waals surface area contributed by atoms with E-state index in [4.69, 9.17) is 11.6 Å². The Morgan fingerprint density at radius 2 is 1.59 bits per heavy atom. The van der Waals surface area contributed by atoms with Crippen molar-refractivity contribution >= 4 is 39.3 Å². The predicted molar refractivity (Wildman–Crippen MR) is 156 cm³/mol. The molecule has 0 fully saturated rings. The van der Waals surface area contributed by atoms with Gasteiger partial charge in [0.05, 0.1) is 5.69 Å². The Morgan fingerprint density at radius 3 is 2.21 bits per heavy atom. The molecule has 1 N–H and O–H groups in total. The van der Waals surface area contributed by atoms with E-state index in [0.29, 0.717) is 21.8 Å². The number of benzene rings is 3. The molecule has 8 nitrogen and oxygen atoms in total. The summed E-state index contributed by atoms with van der Waals surface area (Å²) in [5.41, 5.74) is 3.53. The van der Waals surface area contributed by atoms with Gasteiger partial charge in [-0.3, -0.25) is 9.59 Å². The zero-order valence-electron chi connectivity index (χ0n) is 22.9. The van der Waals surface area contributed by atoms with E-state index < -0.39 is 28.7 Å². The third-order valence-corrected chi connectivity index (χ3v) is 8.45. The Labute approximate surface area is 236 Å². The summed E-state index contributed by atoms with van der Waals surface area (Å²) in [6.07, 6.45) is 0.247. The Kier molecular flexibility index (Phi) is 10.1. The zero-order chi connectivity index (χ0) is 28.7. The molecule has 0 aliphatic carbocycles. The summed E-state index contributed by atoms with van der Waals surface area (Å²) in [5, 5.41) is 3.16. The van der Waals surface area contributed by atoms with Gasteiger partial charge in [-0.25, -0.2) is 4.31 Å². The number of hydrogen-bond acceptors (Lipinski definition) is 4. The maximum absolute atomic E-state index is 14.1. The molecule has 0 saturated heterocycles. The van der Waals surface area contributed by atoms with Gasteiger partial charge in [0.1, 0.15) is 12.6 Å². The summed E-state index contributed by atoms with van der Waals surface area (Å²) in [6, 6.07) is 21.0. The smallest absolute Gasteiger partial charge is 0.304 e. The van der Waals surface area contributed by atoms with Crippen LogP contribution in [0.2, 0.25) is 5.02 Å². The van der Waals surface area contributed by atoms with E-state index in [1.807, 2.05) is 55.5 Å². The molecular formula is C29H35ClN4O4S. The normalized spacial score (nSPS) is 12.2. The maximum Gasteiger partial charge on any atom is 0.304 e. The number of aryl methyl sites for hydroxylation is 2. The summed E-state index contributed by atoms with van der Waals surface area (Å²) >= 11 is 6.22. The summed E-state index contributed by atoms with van der Waals surface area (Å²) in [7, 11) is 0.305. The third-order valence-electron chi connectivity index (χ3n) is 6.41. The molecule has 3 aromatic carbocycles. The van der Waals surface area contributed by atoms with E-state index in [2.05, 4.69) is 5.32 Å². The third kappa shape index (κ3) is 7.59. The van der Waals surface area contributed by atoms with Gasteiger partial charge >= 0.3 is 10.2 Å². The fraction of sp³-hybridized carbons (Fsp3) is 0.310. The first-order valence-corrected chi connectivity index (χ1v) is 14.3. The minimum atomic E-state index is -4.05. The lowest BCUT2D eigenvalue weighted by atomic mass is 10.0. The van der Waals surface area contributed by atoms with Crippen LogP contribution in [-0.4, -0.2) is 63.2 Å². The van der Waals surface area contributed by atoms with Crippen molar-refractivity contribution in [3.8, 4) is 0 Å². The first-order chi connectivity index (χ1) is 18.4. The maximum atomic E-state index is 14.1. The number of hydrogen-bond donors (Lipinski definition) is 1. The highest BCUT2D eigenvalue weighted by Gasteiger charge is 2.34. The van der Waals surface area contributed by atoms with Crippen molar-refractivity contribution in [1.29, 1.82) is 0 Å².